The Hall–Kier alpha value is -1.10. The number of rotatable bonds is 5. The summed E-state index contributed by atoms with van der Waals surface area (Å²) in [6.45, 7) is 8.41. The first-order valence-electron chi connectivity index (χ1n) is 6.54. The van der Waals surface area contributed by atoms with Crippen molar-refractivity contribution < 1.29 is 14.7 Å². The largest absolute Gasteiger partial charge is 0.480 e. The lowest BCUT2D eigenvalue weighted by atomic mass is 9.89. The number of hydrogen-bond acceptors (Lipinski definition) is 3. The second-order valence-electron chi connectivity index (χ2n) is 5.92. The summed E-state index contributed by atoms with van der Waals surface area (Å²) in [7, 11) is 0. The second-order valence-corrected chi connectivity index (χ2v) is 5.92. The summed E-state index contributed by atoms with van der Waals surface area (Å²) >= 11 is 0. The summed E-state index contributed by atoms with van der Waals surface area (Å²) in [5.74, 6) is -0.431. The normalized spacial score (nSPS) is 18.6. The highest BCUT2D eigenvalue weighted by atomic mass is 16.4. The van der Waals surface area contributed by atoms with Crippen molar-refractivity contribution in [3.8, 4) is 0 Å². The number of hydrogen-bond donors (Lipinski definition) is 2. The average molecular weight is 256 g/mol. The molecule has 1 heterocycles. The van der Waals surface area contributed by atoms with Gasteiger partial charge in [0.1, 0.15) is 6.54 Å². The van der Waals surface area contributed by atoms with Crippen LogP contribution in [0.5, 0.6) is 0 Å². The molecule has 1 saturated heterocycles. The second kappa shape index (κ2) is 6.18. The molecule has 0 aromatic rings. The Morgan fingerprint density at radius 2 is 1.89 bits per heavy atom. The third-order valence-corrected chi connectivity index (χ3v) is 3.51. The maximum absolute atomic E-state index is 11.9. The Labute approximate surface area is 109 Å². The molecule has 1 fully saturated rings. The van der Waals surface area contributed by atoms with Gasteiger partial charge < -0.3 is 15.3 Å². The van der Waals surface area contributed by atoms with Gasteiger partial charge >= 0.3 is 5.97 Å². The highest BCUT2D eigenvalue weighted by Crippen LogP contribution is 2.22. The van der Waals surface area contributed by atoms with Crippen LogP contribution in [0.4, 0.5) is 0 Å². The molecule has 0 radical (unpaired) electrons. The molecular formula is C13H24N2O3. The zero-order chi connectivity index (χ0) is 13.8. The summed E-state index contributed by atoms with van der Waals surface area (Å²) in [5, 5.41) is 11.0. The quantitative estimate of drug-likeness (QED) is 0.768. The smallest absolute Gasteiger partial charge is 0.322 e. The summed E-state index contributed by atoms with van der Waals surface area (Å²) in [6.07, 6.45) is 2.35. The fraction of sp³-hybridized carbons (Fsp3) is 0.846. The van der Waals surface area contributed by atoms with Crippen molar-refractivity contribution in [3.05, 3.63) is 0 Å². The topological polar surface area (TPSA) is 69.6 Å². The molecule has 0 saturated carbocycles. The molecule has 1 rings (SSSR count). The average Bonchev–Trinajstić information content (AvgIpc) is 2.28. The molecule has 2 N–H and O–H groups in total. The van der Waals surface area contributed by atoms with Gasteiger partial charge in [-0.2, -0.15) is 0 Å². The third-order valence-electron chi connectivity index (χ3n) is 3.51. The number of carboxylic acids is 1. The van der Waals surface area contributed by atoms with Crippen LogP contribution in [0.15, 0.2) is 0 Å². The van der Waals surface area contributed by atoms with Crippen LogP contribution in [0.1, 0.15) is 33.6 Å². The number of piperidine rings is 1. The van der Waals surface area contributed by atoms with Crippen molar-refractivity contribution in [2.75, 3.05) is 26.2 Å². The van der Waals surface area contributed by atoms with Crippen molar-refractivity contribution in [1.82, 2.24) is 10.2 Å². The van der Waals surface area contributed by atoms with E-state index in [9.17, 15) is 9.59 Å². The number of carbonyl (C=O) groups is 2. The van der Waals surface area contributed by atoms with Gasteiger partial charge in [0.2, 0.25) is 5.91 Å². The van der Waals surface area contributed by atoms with Crippen LogP contribution < -0.4 is 5.32 Å². The predicted molar refractivity (Wildman–Crippen MR) is 69.3 cm³/mol. The van der Waals surface area contributed by atoms with E-state index in [0.29, 0.717) is 6.54 Å². The van der Waals surface area contributed by atoms with E-state index in [1.54, 1.807) is 0 Å². The summed E-state index contributed by atoms with van der Waals surface area (Å²) in [5.41, 5.74) is -0.546. The van der Waals surface area contributed by atoms with Crippen LogP contribution in [0.25, 0.3) is 0 Å². The van der Waals surface area contributed by atoms with Crippen LogP contribution in [0, 0.1) is 11.3 Å². The van der Waals surface area contributed by atoms with E-state index in [0.717, 1.165) is 19.0 Å². The molecule has 0 bridgehead atoms. The highest BCUT2D eigenvalue weighted by Gasteiger charge is 2.31. The van der Waals surface area contributed by atoms with Crippen LogP contribution >= 0.6 is 0 Å². The number of aliphatic carboxylic acids is 1. The zero-order valence-corrected chi connectivity index (χ0v) is 11.5. The lowest BCUT2D eigenvalue weighted by Crippen LogP contribution is -2.47. The number of amides is 1. The monoisotopic (exact) mass is 256 g/mol. The molecule has 0 atom stereocenters. The fourth-order valence-electron chi connectivity index (χ4n) is 2.25. The van der Waals surface area contributed by atoms with Crippen LogP contribution in [-0.4, -0.2) is 48.1 Å². The molecule has 0 unspecified atom stereocenters. The van der Waals surface area contributed by atoms with E-state index in [1.165, 1.54) is 12.8 Å². The van der Waals surface area contributed by atoms with E-state index in [4.69, 9.17) is 5.11 Å². The number of carbonyl (C=O) groups excluding carboxylic acids is 1. The number of carboxylic acid groups (broad SMARTS) is 1. The van der Waals surface area contributed by atoms with Gasteiger partial charge in [0.25, 0.3) is 0 Å². The molecule has 1 aliphatic heterocycles. The van der Waals surface area contributed by atoms with Crippen molar-refractivity contribution in [1.29, 1.82) is 0 Å². The number of likely N-dealkylation sites (tertiary alicyclic amines) is 1. The molecule has 0 spiro atoms. The van der Waals surface area contributed by atoms with Gasteiger partial charge in [-0.15, -0.1) is 0 Å². The van der Waals surface area contributed by atoms with Gasteiger partial charge in [-0.1, -0.05) is 6.92 Å². The Bertz CT molecular complexity index is 307. The Balaban J connectivity index is 2.42. The number of nitrogens with one attached hydrogen (secondary N) is 1. The molecular weight excluding hydrogens is 232 g/mol. The van der Waals surface area contributed by atoms with Crippen LogP contribution in [0.2, 0.25) is 0 Å². The summed E-state index contributed by atoms with van der Waals surface area (Å²) < 4.78 is 0. The summed E-state index contributed by atoms with van der Waals surface area (Å²) in [6, 6.07) is 0. The SMILES string of the molecule is CC1CCN(CC(C)(C)C(=O)NCC(=O)O)CC1. The van der Waals surface area contributed by atoms with Crippen molar-refractivity contribution in [2.24, 2.45) is 11.3 Å². The molecule has 5 heteroatoms. The number of nitrogens with zero attached hydrogens (tertiary/aromatic N) is 1. The van der Waals surface area contributed by atoms with E-state index >= 15 is 0 Å². The van der Waals surface area contributed by atoms with Gasteiger partial charge in [-0.25, -0.2) is 0 Å². The van der Waals surface area contributed by atoms with E-state index in [-0.39, 0.29) is 12.5 Å². The first kappa shape index (κ1) is 15.0. The zero-order valence-electron chi connectivity index (χ0n) is 11.5. The highest BCUT2D eigenvalue weighted by molar-refractivity contribution is 5.85. The molecule has 104 valence electrons. The Morgan fingerprint density at radius 3 is 2.39 bits per heavy atom. The molecule has 0 aliphatic carbocycles. The molecule has 0 aromatic carbocycles. The minimum Gasteiger partial charge on any atom is -0.480 e. The minimum atomic E-state index is -1.01. The Kier molecular flexibility index (Phi) is 5.14. The van der Waals surface area contributed by atoms with Crippen molar-refractivity contribution in [3.63, 3.8) is 0 Å². The van der Waals surface area contributed by atoms with Gasteiger partial charge in [0.05, 0.1) is 5.41 Å². The minimum absolute atomic E-state index is 0.191. The maximum atomic E-state index is 11.9. The van der Waals surface area contributed by atoms with Gasteiger partial charge in [0, 0.05) is 6.54 Å². The van der Waals surface area contributed by atoms with Crippen LogP contribution in [0.3, 0.4) is 0 Å². The third kappa shape index (κ3) is 4.64. The standard InChI is InChI=1S/C13H24N2O3/c1-10-4-6-15(7-5-10)9-13(2,3)12(18)14-8-11(16)17/h10H,4-9H2,1-3H3,(H,14,18)(H,16,17). The molecule has 5 nitrogen and oxygen atoms in total. The molecule has 1 amide bonds. The van der Waals surface area contributed by atoms with Crippen LogP contribution in [-0.2, 0) is 9.59 Å². The van der Waals surface area contributed by atoms with Gasteiger partial charge in [-0.05, 0) is 45.7 Å². The summed E-state index contributed by atoms with van der Waals surface area (Å²) in [4.78, 5) is 24.6. The first-order valence-corrected chi connectivity index (χ1v) is 6.54. The lowest BCUT2D eigenvalue weighted by molar-refractivity contribution is -0.140. The molecule has 0 aromatic heterocycles. The Morgan fingerprint density at radius 1 is 1.33 bits per heavy atom. The lowest BCUT2D eigenvalue weighted by Gasteiger charge is -2.35. The van der Waals surface area contributed by atoms with E-state index in [1.807, 2.05) is 13.8 Å². The van der Waals surface area contributed by atoms with Crippen molar-refractivity contribution >= 4 is 11.9 Å². The van der Waals surface area contributed by atoms with E-state index in [2.05, 4.69) is 17.1 Å². The van der Waals surface area contributed by atoms with Crippen molar-refractivity contribution in [2.45, 2.75) is 33.6 Å². The predicted octanol–water partition coefficient (Wildman–Crippen LogP) is 0.945. The molecule has 18 heavy (non-hydrogen) atoms. The fourth-order valence-corrected chi connectivity index (χ4v) is 2.25. The molecule has 1 aliphatic rings. The first-order chi connectivity index (χ1) is 8.31. The maximum Gasteiger partial charge on any atom is 0.322 e. The van der Waals surface area contributed by atoms with E-state index < -0.39 is 11.4 Å². The van der Waals surface area contributed by atoms with Gasteiger partial charge in [-0.3, -0.25) is 9.59 Å². The van der Waals surface area contributed by atoms with Gasteiger partial charge in [0.15, 0.2) is 0 Å².